The van der Waals surface area contributed by atoms with Crippen molar-refractivity contribution in [3.63, 3.8) is 0 Å². The molecule has 2 aromatic heterocycles. The summed E-state index contributed by atoms with van der Waals surface area (Å²) >= 11 is 6.12. The molecule has 4 N–H and O–H groups in total. The Morgan fingerprint density at radius 1 is 1.07 bits per heavy atom. The van der Waals surface area contributed by atoms with Crippen molar-refractivity contribution < 1.29 is 14.4 Å². The number of para-hydroxylation sites is 1. The zero-order chi connectivity index (χ0) is 30.1. The molecule has 0 unspecified atom stereocenters. The van der Waals surface area contributed by atoms with Gasteiger partial charge < -0.3 is 10.8 Å². The van der Waals surface area contributed by atoms with E-state index in [4.69, 9.17) is 28.1 Å². The summed E-state index contributed by atoms with van der Waals surface area (Å²) in [4.78, 5) is 15.6. The molecule has 3 aromatic carbocycles. The molecule has 0 radical (unpaired) electrons. The number of thioether (sulfide) groups is 1. The average Bonchev–Trinajstić information content (AvgIpc) is 3.74. The Bertz CT molecular complexity index is 1940. The predicted octanol–water partition coefficient (Wildman–Crippen LogP) is 4.92. The van der Waals surface area contributed by atoms with E-state index in [9.17, 15) is 19.6 Å². The summed E-state index contributed by atoms with van der Waals surface area (Å²) in [5.41, 5.74) is 10.6. The first-order valence-electron chi connectivity index (χ1n) is 12.6. The molecule has 6 rings (SSSR count). The number of aromatic hydroxyl groups is 1. The number of aliphatic imine (C=N–C) groups is 1. The van der Waals surface area contributed by atoms with E-state index in [1.54, 1.807) is 23.0 Å². The highest BCUT2D eigenvalue weighted by Crippen LogP contribution is 2.43. The second-order valence-corrected chi connectivity index (χ2v) is 10.5. The highest BCUT2D eigenvalue weighted by atomic mass is 32.2. The van der Waals surface area contributed by atoms with E-state index in [0.717, 1.165) is 5.69 Å². The Kier molecular flexibility index (Phi) is 7.40. The quantitative estimate of drug-likeness (QED) is 0.137. The lowest BCUT2D eigenvalue weighted by molar-refractivity contribution is -0.384. The number of halogens is 1. The summed E-state index contributed by atoms with van der Waals surface area (Å²) in [5.74, 6) is 0.0936. The Morgan fingerprint density at radius 2 is 1.84 bits per heavy atom. The number of nitro benzene ring substituents is 1. The van der Waals surface area contributed by atoms with Gasteiger partial charge in [-0.05, 0) is 48.6 Å². The number of aromatic nitrogens is 4. The number of non-ortho nitro benzene ring substituents is 1. The largest absolute Gasteiger partial charge is 0.504 e. The van der Waals surface area contributed by atoms with E-state index in [-0.39, 0.29) is 27.9 Å². The maximum Gasteiger partial charge on any atom is 0.270 e. The van der Waals surface area contributed by atoms with Crippen LogP contribution in [0.5, 0.6) is 5.75 Å². The van der Waals surface area contributed by atoms with E-state index in [0.29, 0.717) is 39.1 Å². The molecule has 0 saturated heterocycles. The van der Waals surface area contributed by atoms with Gasteiger partial charge in [0.2, 0.25) is 0 Å². The molecule has 0 fully saturated rings. The standard InChI is InChI=1S/C28H20FN9O3S2/c29-18-11-9-16(10-12-18)25-26(39)24(35-37(25)28-31-22(15-43-28)32-33-27(30)42)21-14-36(19-6-2-1-3-7-19)34-23(21)17-5-4-8-20(13-17)38(40)41/h1-14,39H,15H2,(H3,30,33,42)/b32-22+. The Labute approximate surface area is 252 Å². The van der Waals surface area contributed by atoms with E-state index < -0.39 is 10.7 Å². The van der Waals surface area contributed by atoms with Gasteiger partial charge in [0.15, 0.2) is 21.9 Å². The second-order valence-electron chi connectivity index (χ2n) is 9.13. The number of nitrogens with two attached hydrogens (primary N) is 1. The minimum Gasteiger partial charge on any atom is -0.504 e. The van der Waals surface area contributed by atoms with Crippen LogP contribution in [-0.2, 0) is 0 Å². The van der Waals surface area contributed by atoms with Crippen molar-refractivity contribution in [2.24, 2.45) is 15.8 Å². The number of hydrogen-bond donors (Lipinski definition) is 3. The van der Waals surface area contributed by atoms with Crippen LogP contribution in [0.4, 0.5) is 10.1 Å². The zero-order valence-corrected chi connectivity index (χ0v) is 23.6. The molecule has 15 heteroatoms. The Morgan fingerprint density at radius 3 is 2.56 bits per heavy atom. The van der Waals surface area contributed by atoms with Crippen LogP contribution in [0.15, 0.2) is 95.2 Å². The maximum atomic E-state index is 13.9. The number of hydrazone groups is 1. The number of rotatable bonds is 6. The van der Waals surface area contributed by atoms with Gasteiger partial charge in [0, 0.05) is 29.5 Å². The molecule has 3 heterocycles. The van der Waals surface area contributed by atoms with Crippen molar-refractivity contribution in [3.8, 4) is 45.2 Å². The first kappa shape index (κ1) is 27.7. The van der Waals surface area contributed by atoms with Gasteiger partial charge in [-0.25, -0.2) is 18.7 Å². The van der Waals surface area contributed by atoms with Crippen LogP contribution in [0.1, 0.15) is 0 Å². The summed E-state index contributed by atoms with van der Waals surface area (Å²) < 4.78 is 16.9. The lowest BCUT2D eigenvalue weighted by Gasteiger charge is -2.06. The summed E-state index contributed by atoms with van der Waals surface area (Å²) in [6.07, 6.45) is 1.69. The summed E-state index contributed by atoms with van der Waals surface area (Å²) in [5, 5.41) is 37.2. The molecule has 0 bridgehead atoms. The molecular weight excluding hydrogens is 594 g/mol. The smallest absolute Gasteiger partial charge is 0.270 e. The molecule has 214 valence electrons. The van der Waals surface area contributed by atoms with Crippen molar-refractivity contribution in [1.82, 2.24) is 25.0 Å². The topological polar surface area (TPSA) is 162 Å². The van der Waals surface area contributed by atoms with Crippen LogP contribution in [-0.4, -0.2) is 51.5 Å². The van der Waals surface area contributed by atoms with Crippen molar-refractivity contribution in [3.05, 3.63) is 101 Å². The Hall–Kier alpha value is -5.41. The SMILES string of the molecule is NC(=S)N/N=C1\CSC(n2nc(-c3cn(-c4ccccc4)nc3-c3cccc([N+](=O)[O-])c3)c(O)c2-c2ccc(F)cc2)=N1. The highest BCUT2D eigenvalue weighted by Gasteiger charge is 2.29. The number of nitrogens with one attached hydrogen (secondary N) is 1. The van der Waals surface area contributed by atoms with Crippen LogP contribution < -0.4 is 11.2 Å². The molecule has 0 atom stereocenters. The van der Waals surface area contributed by atoms with Gasteiger partial charge in [-0.15, -0.1) is 0 Å². The first-order chi connectivity index (χ1) is 20.8. The number of nitrogens with zero attached hydrogens (tertiary/aromatic N) is 7. The lowest BCUT2D eigenvalue weighted by atomic mass is 10.0. The van der Waals surface area contributed by atoms with Crippen LogP contribution >= 0.6 is 24.0 Å². The zero-order valence-electron chi connectivity index (χ0n) is 22.0. The predicted molar refractivity (Wildman–Crippen MR) is 167 cm³/mol. The van der Waals surface area contributed by atoms with Crippen LogP contribution in [0, 0.1) is 15.9 Å². The van der Waals surface area contributed by atoms with Gasteiger partial charge >= 0.3 is 0 Å². The number of hydrogen-bond acceptors (Lipinski definition) is 8. The Balaban J connectivity index is 1.57. The van der Waals surface area contributed by atoms with Crippen molar-refractivity contribution in [2.75, 3.05) is 5.75 Å². The van der Waals surface area contributed by atoms with Crippen molar-refractivity contribution >= 4 is 45.8 Å². The average molecular weight is 614 g/mol. The van der Waals surface area contributed by atoms with Gasteiger partial charge in [-0.1, -0.05) is 42.1 Å². The van der Waals surface area contributed by atoms with E-state index in [1.807, 2.05) is 30.3 Å². The second kappa shape index (κ2) is 11.5. The fourth-order valence-electron chi connectivity index (χ4n) is 4.43. The normalized spacial score (nSPS) is 13.7. The van der Waals surface area contributed by atoms with Gasteiger partial charge in [0.05, 0.1) is 21.9 Å². The molecule has 5 aromatic rings. The fourth-order valence-corrected chi connectivity index (χ4v) is 5.28. The summed E-state index contributed by atoms with van der Waals surface area (Å²) in [6, 6.07) is 20.9. The molecule has 0 aliphatic carbocycles. The molecular formula is C28H20FN9O3S2. The fraction of sp³-hybridized carbons (Fsp3) is 0.0357. The highest BCUT2D eigenvalue weighted by molar-refractivity contribution is 8.14. The minimum absolute atomic E-state index is 0.0173. The van der Waals surface area contributed by atoms with Gasteiger partial charge in [0.1, 0.15) is 22.9 Å². The third-order valence-corrected chi connectivity index (χ3v) is 7.35. The maximum absolute atomic E-state index is 13.9. The van der Waals surface area contributed by atoms with Gasteiger partial charge in [-0.3, -0.25) is 15.5 Å². The third kappa shape index (κ3) is 5.58. The lowest BCUT2D eigenvalue weighted by Crippen LogP contribution is -2.25. The monoisotopic (exact) mass is 613 g/mol. The molecule has 12 nitrogen and oxygen atoms in total. The number of amidine groups is 1. The molecule has 0 spiro atoms. The number of nitro groups is 1. The van der Waals surface area contributed by atoms with Crippen LogP contribution in [0.2, 0.25) is 0 Å². The summed E-state index contributed by atoms with van der Waals surface area (Å²) in [6.45, 7) is 0. The van der Waals surface area contributed by atoms with E-state index in [1.165, 1.54) is 52.8 Å². The number of thiocarbonyl (C=S) groups is 1. The van der Waals surface area contributed by atoms with Crippen molar-refractivity contribution in [1.29, 1.82) is 0 Å². The van der Waals surface area contributed by atoms with Crippen LogP contribution in [0.3, 0.4) is 0 Å². The van der Waals surface area contributed by atoms with Gasteiger partial charge in [0.25, 0.3) is 5.69 Å². The van der Waals surface area contributed by atoms with E-state index >= 15 is 0 Å². The minimum atomic E-state index is -0.489. The van der Waals surface area contributed by atoms with Gasteiger partial charge in [-0.2, -0.15) is 15.3 Å². The molecule has 0 saturated carbocycles. The summed E-state index contributed by atoms with van der Waals surface area (Å²) in [7, 11) is 0. The van der Waals surface area contributed by atoms with Crippen molar-refractivity contribution in [2.45, 2.75) is 0 Å². The third-order valence-electron chi connectivity index (χ3n) is 6.33. The number of benzene rings is 3. The molecule has 0 amide bonds. The molecule has 43 heavy (non-hydrogen) atoms. The van der Waals surface area contributed by atoms with E-state index in [2.05, 4.69) is 15.5 Å². The van der Waals surface area contributed by atoms with Crippen LogP contribution in [0.25, 0.3) is 39.5 Å². The molecule has 1 aliphatic heterocycles. The molecule has 1 aliphatic rings. The first-order valence-corrected chi connectivity index (χ1v) is 14.0.